The molecular weight excluding hydrogens is 263 g/mol. The van der Waals surface area contributed by atoms with Crippen molar-refractivity contribution in [1.82, 2.24) is 4.90 Å². The third-order valence-corrected chi connectivity index (χ3v) is 3.57. The fourth-order valence-corrected chi connectivity index (χ4v) is 2.31. The lowest BCUT2D eigenvalue weighted by Gasteiger charge is -2.35. The fraction of sp³-hybridized carbons (Fsp3) is 0.429. The van der Waals surface area contributed by atoms with Gasteiger partial charge in [-0.2, -0.15) is 5.26 Å². The molecule has 0 bridgehead atoms. The number of nitrogens with zero attached hydrogens (tertiary/aromatic N) is 2. The average Bonchev–Trinajstić information content (AvgIpc) is 2.46. The molecule has 0 unspecified atom stereocenters. The normalized spacial score (nSPS) is 22.4. The molecular formula is C14H15FN2O3. The van der Waals surface area contributed by atoms with E-state index in [1.165, 1.54) is 17.0 Å². The number of carbonyl (C=O) groups is 1. The lowest BCUT2D eigenvalue weighted by atomic mass is 9.94. The highest BCUT2D eigenvalue weighted by Crippen LogP contribution is 2.20. The Hall–Kier alpha value is -1.97. The topological polar surface area (TPSA) is 84.6 Å². The Morgan fingerprint density at radius 3 is 2.85 bits per heavy atom. The van der Waals surface area contributed by atoms with Gasteiger partial charge in [-0.05, 0) is 24.6 Å². The van der Waals surface area contributed by atoms with E-state index >= 15 is 0 Å². The third kappa shape index (κ3) is 2.79. The van der Waals surface area contributed by atoms with Gasteiger partial charge in [0.05, 0.1) is 23.3 Å². The van der Waals surface area contributed by atoms with Gasteiger partial charge in [0.25, 0.3) is 5.91 Å². The molecule has 5 nitrogen and oxygen atoms in total. The summed E-state index contributed by atoms with van der Waals surface area (Å²) >= 11 is 0. The number of benzene rings is 1. The van der Waals surface area contributed by atoms with Gasteiger partial charge < -0.3 is 15.1 Å². The van der Waals surface area contributed by atoms with Crippen molar-refractivity contribution in [2.75, 3.05) is 19.7 Å². The number of carbonyl (C=O) groups excluding carboxylic acids is 1. The third-order valence-electron chi connectivity index (χ3n) is 3.57. The van der Waals surface area contributed by atoms with Crippen molar-refractivity contribution in [3.8, 4) is 6.07 Å². The molecule has 0 aliphatic carbocycles. The summed E-state index contributed by atoms with van der Waals surface area (Å²) in [6.45, 7) is 0.304. The highest BCUT2D eigenvalue weighted by molar-refractivity contribution is 5.94. The quantitative estimate of drug-likeness (QED) is 0.825. The number of hydrogen-bond acceptors (Lipinski definition) is 4. The maximum absolute atomic E-state index is 13.8. The van der Waals surface area contributed by atoms with Crippen LogP contribution in [0, 0.1) is 23.1 Å². The summed E-state index contributed by atoms with van der Waals surface area (Å²) in [5.41, 5.74) is 0.0386. The highest BCUT2D eigenvalue weighted by atomic mass is 19.1. The van der Waals surface area contributed by atoms with Crippen LogP contribution in [0.4, 0.5) is 4.39 Å². The minimum Gasteiger partial charge on any atom is -0.396 e. The summed E-state index contributed by atoms with van der Waals surface area (Å²) < 4.78 is 13.8. The van der Waals surface area contributed by atoms with Crippen molar-refractivity contribution in [3.05, 3.63) is 35.1 Å². The van der Waals surface area contributed by atoms with Gasteiger partial charge >= 0.3 is 0 Å². The predicted molar refractivity (Wildman–Crippen MR) is 68.2 cm³/mol. The number of aliphatic hydroxyl groups excluding tert-OH is 2. The predicted octanol–water partition coefficient (Wildman–Crippen LogP) is 0.513. The molecule has 1 fully saturated rings. The van der Waals surface area contributed by atoms with Crippen LogP contribution < -0.4 is 0 Å². The summed E-state index contributed by atoms with van der Waals surface area (Å²) in [6, 6.07) is 5.48. The zero-order valence-electron chi connectivity index (χ0n) is 10.8. The second-order valence-corrected chi connectivity index (χ2v) is 4.86. The number of aliphatic hydroxyl groups is 2. The van der Waals surface area contributed by atoms with E-state index < -0.39 is 17.8 Å². The van der Waals surface area contributed by atoms with E-state index in [9.17, 15) is 14.3 Å². The molecule has 0 aromatic heterocycles. The summed E-state index contributed by atoms with van der Waals surface area (Å²) in [5, 5.41) is 27.5. The summed E-state index contributed by atoms with van der Waals surface area (Å²) in [4.78, 5) is 13.6. The molecule has 1 aromatic carbocycles. The van der Waals surface area contributed by atoms with Crippen LogP contribution in [0.25, 0.3) is 0 Å². The summed E-state index contributed by atoms with van der Waals surface area (Å²) in [5.74, 6) is -1.50. The number of nitriles is 1. The van der Waals surface area contributed by atoms with Crippen LogP contribution in [0.1, 0.15) is 22.3 Å². The Balaban J connectivity index is 2.15. The van der Waals surface area contributed by atoms with Crippen LogP contribution in [0.3, 0.4) is 0 Å². The molecule has 0 radical (unpaired) electrons. The molecule has 1 saturated heterocycles. The minimum absolute atomic E-state index is 0.0729. The first kappa shape index (κ1) is 14.4. The number of rotatable bonds is 2. The molecule has 0 spiro atoms. The number of hydrogen-bond donors (Lipinski definition) is 2. The number of β-amino-alcohol motifs (C(OH)–C–C–N with tert-alkyl or cyclic N) is 1. The molecule has 2 atom stereocenters. The average molecular weight is 278 g/mol. The number of piperidine rings is 1. The van der Waals surface area contributed by atoms with Crippen LogP contribution in [-0.4, -0.2) is 46.8 Å². The Morgan fingerprint density at radius 2 is 2.30 bits per heavy atom. The molecule has 1 heterocycles. The lowest BCUT2D eigenvalue weighted by molar-refractivity contribution is 0.000701. The monoisotopic (exact) mass is 278 g/mol. The van der Waals surface area contributed by atoms with Crippen LogP contribution in [0.5, 0.6) is 0 Å². The largest absolute Gasteiger partial charge is 0.396 e. The molecule has 2 rings (SSSR count). The molecule has 2 N–H and O–H groups in total. The van der Waals surface area contributed by atoms with E-state index in [1.54, 1.807) is 6.07 Å². The smallest absolute Gasteiger partial charge is 0.256 e. The van der Waals surface area contributed by atoms with Gasteiger partial charge in [-0.15, -0.1) is 0 Å². The van der Waals surface area contributed by atoms with Crippen molar-refractivity contribution in [2.24, 2.45) is 5.92 Å². The Kier molecular flexibility index (Phi) is 4.32. The van der Waals surface area contributed by atoms with Crippen molar-refractivity contribution >= 4 is 5.91 Å². The first-order chi connectivity index (χ1) is 9.56. The van der Waals surface area contributed by atoms with E-state index in [2.05, 4.69) is 0 Å². The maximum Gasteiger partial charge on any atom is 0.256 e. The Bertz CT molecular complexity index is 556. The number of halogens is 1. The number of likely N-dealkylation sites (tertiary alicyclic amines) is 1. The minimum atomic E-state index is -0.806. The van der Waals surface area contributed by atoms with E-state index in [0.717, 1.165) is 6.07 Å². The molecule has 20 heavy (non-hydrogen) atoms. The van der Waals surface area contributed by atoms with Gasteiger partial charge in [0.2, 0.25) is 0 Å². The van der Waals surface area contributed by atoms with Gasteiger partial charge in [0.1, 0.15) is 5.82 Å². The lowest BCUT2D eigenvalue weighted by Crippen LogP contribution is -2.47. The Labute approximate surface area is 115 Å². The summed E-state index contributed by atoms with van der Waals surface area (Å²) in [7, 11) is 0. The number of amides is 1. The van der Waals surface area contributed by atoms with Crippen molar-refractivity contribution in [2.45, 2.75) is 12.5 Å². The maximum atomic E-state index is 13.8. The second kappa shape index (κ2) is 5.99. The molecule has 0 saturated carbocycles. The standard InChI is InChI=1S/C14H15FN2O3/c15-12-5-9(6-16)1-2-11(12)14(20)17-4-3-10(8-18)13(19)7-17/h1-2,5,10,13,18-19H,3-4,7-8H2/t10-,13-/m1/s1. The van der Waals surface area contributed by atoms with Crippen LogP contribution >= 0.6 is 0 Å². The fourth-order valence-electron chi connectivity index (χ4n) is 2.31. The van der Waals surface area contributed by atoms with Crippen LogP contribution in [-0.2, 0) is 0 Å². The van der Waals surface area contributed by atoms with Crippen molar-refractivity contribution < 1.29 is 19.4 Å². The van der Waals surface area contributed by atoms with Gasteiger partial charge in [-0.25, -0.2) is 4.39 Å². The first-order valence-corrected chi connectivity index (χ1v) is 6.34. The van der Waals surface area contributed by atoms with Gasteiger partial charge in [0, 0.05) is 25.6 Å². The molecule has 1 aliphatic heterocycles. The zero-order valence-corrected chi connectivity index (χ0v) is 10.8. The van der Waals surface area contributed by atoms with Crippen molar-refractivity contribution in [1.29, 1.82) is 5.26 Å². The molecule has 1 aliphatic rings. The van der Waals surface area contributed by atoms with Crippen molar-refractivity contribution in [3.63, 3.8) is 0 Å². The van der Waals surface area contributed by atoms with E-state index in [1.807, 2.05) is 0 Å². The molecule has 1 aromatic rings. The molecule has 106 valence electrons. The van der Waals surface area contributed by atoms with Crippen LogP contribution in [0.2, 0.25) is 0 Å². The molecule has 6 heteroatoms. The zero-order chi connectivity index (χ0) is 14.7. The highest BCUT2D eigenvalue weighted by Gasteiger charge is 2.30. The molecule has 1 amide bonds. The van der Waals surface area contributed by atoms with Gasteiger partial charge in [-0.3, -0.25) is 4.79 Å². The van der Waals surface area contributed by atoms with Crippen LogP contribution in [0.15, 0.2) is 18.2 Å². The van der Waals surface area contributed by atoms with Gasteiger partial charge in [-0.1, -0.05) is 0 Å². The van der Waals surface area contributed by atoms with E-state index in [4.69, 9.17) is 10.4 Å². The summed E-state index contributed by atoms with van der Waals surface area (Å²) in [6.07, 6.45) is -0.333. The Morgan fingerprint density at radius 1 is 1.55 bits per heavy atom. The van der Waals surface area contributed by atoms with E-state index in [-0.39, 0.29) is 30.2 Å². The SMILES string of the molecule is N#Cc1ccc(C(=O)N2CC[C@H](CO)[C@H](O)C2)c(F)c1. The first-order valence-electron chi connectivity index (χ1n) is 6.34. The van der Waals surface area contributed by atoms with E-state index in [0.29, 0.717) is 13.0 Å². The van der Waals surface area contributed by atoms with Gasteiger partial charge in [0.15, 0.2) is 0 Å². The second-order valence-electron chi connectivity index (χ2n) is 4.86.